The molecule has 1 aromatic carbocycles. The molecule has 1 atom stereocenters. The van der Waals surface area contributed by atoms with Crippen molar-refractivity contribution in [3.63, 3.8) is 0 Å². The molecule has 1 saturated heterocycles. The molecule has 0 spiro atoms. The minimum absolute atomic E-state index is 0.0435. The van der Waals surface area contributed by atoms with Gasteiger partial charge in [0, 0.05) is 6.54 Å². The van der Waals surface area contributed by atoms with E-state index in [2.05, 4.69) is 0 Å². The average molecular weight is 365 g/mol. The van der Waals surface area contributed by atoms with Gasteiger partial charge in [0.05, 0.1) is 20.8 Å². The summed E-state index contributed by atoms with van der Waals surface area (Å²) in [5.41, 5.74) is 0. The molecule has 10 heteroatoms. The maximum absolute atomic E-state index is 14.0. The van der Waals surface area contributed by atoms with Crippen LogP contribution in [0.5, 0.6) is 11.5 Å². The van der Waals surface area contributed by atoms with Crippen LogP contribution in [-0.2, 0) is 14.8 Å². The number of nitrogens with zero attached hydrogens (tertiary/aromatic N) is 1. The van der Waals surface area contributed by atoms with Gasteiger partial charge >= 0.3 is 5.97 Å². The van der Waals surface area contributed by atoms with Crippen LogP contribution in [0.3, 0.4) is 0 Å². The van der Waals surface area contributed by atoms with Crippen molar-refractivity contribution in [1.82, 2.24) is 4.31 Å². The molecule has 1 heterocycles. The largest absolute Gasteiger partial charge is 0.495 e. The summed E-state index contributed by atoms with van der Waals surface area (Å²) >= 11 is 0. The number of sulfonamides is 1. The summed E-state index contributed by atoms with van der Waals surface area (Å²) in [6, 6.07) is 4.25. The third kappa shape index (κ3) is 3.16. The molecule has 1 fully saturated rings. The number of benzene rings is 1. The Morgan fingerprint density at radius 3 is 2.25 bits per heavy atom. The van der Waals surface area contributed by atoms with Crippen molar-refractivity contribution in [3.05, 3.63) is 18.2 Å². The highest BCUT2D eigenvalue weighted by Crippen LogP contribution is 2.40. The molecule has 0 saturated carbocycles. The number of rotatable bonds is 5. The van der Waals surface area contributed by atoms with Crippen LogP contribution in [0.2, 0.25) is 0 Å². The van der Waals surface area contributed by atoms with E-state index in [1.54, 1.807) is 0 Å². The molecular weight excluding hydrogens is 348 g/mol. The number of methoxy groups -OCH3 is 2. The van der Waals surface area contributed by atoms with Crippen molar-refractivity contribution in [2.75, 3.05) is 27.3 Å². The van der Waals surface area contributed by atoms with E-state index in [4.69, 9.17) is 14.6 Å². The molecule has 1 N–H and O–H groups in total. The molecule has 0 bridgehead atoms. The van der Waals surface area contributed by atoms with Gasteiger partial charge in [0.2, 0.25) is 0 Å². The van der Waals surface area contributed by atoms with Crippen molar-refractivity contribution in [3.8, 4) is 11.5 Å². The molecule has 1 aliphatic rings. The minimum atomic E-state index is -4.36. The molecule has 0 aromatic heterocycles. The first-order valence-electron chi connectivity index (χ1n) is 6.97. The lowest BCUT2D eigenvalue weighted by Crippen LogP contribution is -2.52. The van der Waals surface area contributed by atoms with Gasteiger partial charge in [-0.25, -0.2) is 17.2 Å². The van der Waals surface area contributed by atoms with E-state index in [1.807, 2.05) is 0 Å². The fourth-order valence-corrected chi connectivity index (χ4v) is 4.38. The molecule has 1 unspecified atom stereocenters. The summed E-state index contributed by atoms with van der Waals surface area (Å²) < 4.78 is 64.2. The lowest BCUT2D eigenvalue weighted by atomic mass is 9.94. The van der Waals surface area contributed by atoms with Crippen LogP contribution in [-0.4, -0.2) is 57.0 Å². The third-order valence-electron chi connectivity index (χ3n) is 3.84. The summed E-state index contributed by atoms with van der Waals surface area (Å²) in [6.45, 7) is -1.55. The Morgan fingerprint density at radius 1 is 1.29 bits per heavy atom. The van der Waals surface area contributed by atoms with Gasteiger partial charge in [0.25, 0.3) is 15.9 Å². The Labute approximate surface area is 137 Å². The second-order valence-corrected chi connectivity index (χ2v) is 7.15. The van der Waals surface area contributed by atoms with Crippen molar-refractivity contribution in [2.45, 2.75) is 17.2 Å². The van der Waals surface area contributed by atoms with E-state index in [-0.39, 0.29) is 22.9 Å². The van der Waals surface area contributed by atoms with E-state index in [0.29, 0.717) is 4.31 Å². The first-order valence-corrected chi connectivity index (χ1v) is 8.41. The molecule has 1 aliphatic heterocycles. The second-order valence-electron chi connectivity index (χ2n) is 5.27. The van der Waals surface area contributed by atoms with Crippen molar-refractivity contribution in [2.24, 2.45) is 5.92 Å². The Balaban J connectivity index is 2.45. The van der Waals surface area contributed by atoms with Crippen molar-refractivity contribution >= 4 is 16.0 Å². The maximum atomic E-state index is 14.0. The summed E-state index contributed by atoms with van der Waals surface area (Å²) in [4.78, 5) is 10.5. The number of aliphatic carboxylic acids is 1. The van der Waals surface area contributed by atoms with E-state index in [1.165, 1.54) is 32.4 Å². The number of hydrogen-bond donors (Lipinski definition) is 1. The number of carbonyl (C=O) groups is 1. The zero-order chi connectivity index (χ0) is 18.1. The Kier molecular flexibility index (Phi) is 5.00. The topological polar surface area (TPSA) is 93.1 Å². The van der Waals surface area contributed by atoms with Crippen LogP contribution in [0.4, 0.5) is 8.78 Å². The lowest BCUT2D eigenvalue weighted by Gasteiger charge is -2.35. The van der Waals surface area contributed by atoms with Gasteiger partial charge < -0.3 is 14.6 Å². The highest BCUT2D eigenvalue weighted by Gasteiger charge is 2.52. The first-order chi connectivity index (χ1) is 11.1. The summed E-state index contributed by atoms with van der Waals surface area (Å²) in [5, 5.41) is 8.86. The third-order valence-corrected chi connectivity index (χ3v) is 5.75. The Bertz CT molecular complexity index is 715. The molecule has 1 aromatic rings. The highest BCUT2D eigenvalue weighted by molar-refractivity contribution is 7.89. The lowest BCUT2D eigenvalue weighted by molar-refractivity contribution is -0.163. The molecule has 7 nitrogen and oxygen atoms in total. The van der Waals surface area contributed by atoms with Gasteiger partial charge in [0.1, 0.15) is 17.4 Å². The second kappa shape index (κ2) is 6.52. The van der Waals surface area contributed by atoms with E-state index in [9.17, 15) is 22.0 Å². The predicted octanol–water partition coefficient (Wildman–Crippen LogP) is 1.43. The predicted molar refractivity (Wildman–Crippen MR) is 79.0 cm³/mol. The minimum Gasteiger partial charge on any atom is -0.495 e. The van der Waals surface area contributed by atoms with Crippen LogP contribution in [0.1, 0.15) is 6.42 Å². The SMILES string of the molecule is COc1cccc(OC)c1S(=O)(=O)N1CCC(C(=O)O)C(F)(F)C1. The average Bonchev–Trinajstić information content (AvgIpc) is 2.52. The number of carboxylic acids is 1. The number of halogens is 2. The summed E-state index contributed by atoms with van der Waals surface area (Å²) in [5.74, 6) is -7.32. The van der Waals surface area contributed by atoms with Gasteiger partial charge in [-0.2, -0.15) is 4.31 Å². The highest BCUT2D eigenvalue weighted by atomic mass is 32.2. The fraction of sp³-hybridized carbons (Fsp3) is 0.500. The molecule has 0 radical (unpaired) electrons. The standard InChI is InChI=1S/C14H17F2NO6S/c1-22-10-4-3-5-11(23-2)12(10)24(20,21)17-7-6-9(13(18)19)14(15,16)8-17/h3-5,9H,6-8H2,1-2H3,(H,18,19). The number of carboxylic acid groups (broad SMARTS) is 1. The molecule has 134 valence electrons. The van der Waals surface area contributed by atoms with Crippen LogP contribution in [0, 0.1) is 5.92 Å². The van der Waals surface area contributed by atoms with Gasteiger partial charge in [-0.05, 0) is 18.6 Å². The zero-order valence-electron chi connectivity index (χ0n) is 13.0. The normalized spacial score (nSPS) is 21.2. The van der Waals surface area contributed by atoms with Crippen molar-refractivity contribution in [1.29, 1.82) is 0 Å². The van der Waals surface area contributed by atoms with Crippen LogP contribution in [0.15, 0.2) is 23.1 Å². The summed E-state index contributed by atoms with van der Waals surface area (Å²) in [7, 11) is -1.86. The van der Waals surface area contributed by atoms with Gasteiger partial charge in [-0.3, -0.25) is 4.79 Å². The zero-order valence-corrected chi connectivity index (χ0v) is 13.8. The Morgan fingerprint density at radius 2 is 1.83 bits per heavy atom. The maximum Gasteiger partial charge on any atom is 0.312 e. The number of piperidine rings is 1. The first kappa shape index (κ1) is 18.4. The molecule has 2 rings (SSSR count). The van der Waals surface area contributed by atoms with Crippen LogP contribution >= 0.6 is 0 Å². The smallest absolute Gasteiger partial charge is 0.312 e. The van der Waals surface area contributed by atoms with Crippen LogP contribution < -0.4 is 9.47 Å². The fourth-order valence-electron chi connectivity index (χ4n) is 2.62. The molecule has 0 amide bonds. The van der Waals surface area contributed by atoms with Gasteiger partial charge in [0.15, 0.2) is 4.90 Å². The number of hydrogen-bond acceptors (Lipinski definition) is 5. The molecule has 0 aliphatic carbocycles. The monoisotopic (exact) mass is 365 g/mol. The van der Waals surface area contributed by atoms with Gasteiger partial charge in [-0.1, -0.05) is 6.07 Å². The number of alkyl halides is 2. The van der Waals surface area contributed by atoms with Crippen LogP contribution in [0.25, 0.3) is 0 Å². The Hall–Kier alpha value is -1.94. The van der Waals surface area contributed by atoms with Crippen molar-refractivity contribution < 1.29 is 36.6 Å². The van der Waals surface area contributed by atoms with Gasteiger partial charge in [-0.15, -0.1) is 0 Å². The quantitative estimate of drug-likeness (QED) is 0.849. The molecule has 24 heavy (non-hydrogen) atoms. The number of ether oxygens (including phenoxy) is 2. The van der Waals surface area contributed by atoms with E-state index < -0.39 is 40.8 Å². The van der Waals surface area contributed by atoms with E-state index >= 15 is 0 Å². The summed E-state index contributed by atoms with van der Waals surface area (Å²) in [6.07, 6.45) is -0.487. The molecular formula is C14H17F2NO6S. The van der Waals surface area contributed by atoms with E-state index in [0.717, 1.165) is 0 Å².